The van der Waals surface area contributed by atoms with Crippen molar-refractivity contribution in [3.63, 3.8) is 0 Å². The molecule has 2 N–H and O–H groups in total. The number of guanidine groups is 1. The second kappa shape index (κ2) is 10.9. The topological polar surface area (TPSA) is 45.7 Å². The van der Waals surface area contributed by atoms with Crippen molar-refractivity contribution in [2.75, 3.05) is 26.8 Å². The molecular weight excluding hydrogens is 516 g/mol. The van der Waals surface area contributed by atoms with E-state index < -0.39 is 0 Å². The maximum atomic E-state index is 6.53. The van der Waals surface area contributed by atoms with Crippen LogP contribution in [0.25, 0.3) is 0 Å². The zero-order valence-corrected chi connectivity index (χ0v) is 19.8. The number of hydrogen-bond donors (Lipinski definition) is 2. The van der Waals surface area contributed by atoms with Gasteiger partial charge in [0.05, 0.1) is 6.54 Å². The first-order valence-electron chi connectivity index (χ1n) is 8.63. The summed E-state index contributed by atoms with van der Waals surface area (Å²) in [6.07, 6.45) is 1.81. The lowest BCUT2D eigenvalue weighted by Gasteiger charge is -2.38. The Kier molecular flexibility index (Phi) is 9.14. The first-order valence-corrected chi connectivity index (χ1v) is 10.3. The van der Waals surface area contributed by atoms with Gasteiger partial charge in [0.2, 0.25) is 0 Å². The van der Waals surface area contributed by atoms with Crippen LogP contribution in [-0.4, -0.2) is 32.8 Å². The first-order chi connectivity index (χ1) is 12.6. The van der Waals surface area contributed by atoms with Crippen LogP contribution in [0.15, 0.2) is 40.7 Å². The van der Waals surface area contributed by atoms with Crippen LogP contribution in [0.4, 0.5) is 0 Å². The van der Waals surface area contributed by atoms with Crippen LogP contribution >= 0.6 is 58.5 Å². The molecule has 0 bridgehead atoms. The van der Waals surface area contributed by atoms with E-state index in [0.717, 1.165) is 50.7 Å². The second-order valence-electron chi connectivity index (χ2n) is 6.38. The smallest absolute Gasteiger partial charge is 0.191 e. The van der Waals surface area contributed by atoms with Gasteiger partial charge in [-0.05, 0) is 42.0 Å². The van der Waals surface area contributed by atoms with Crippen LogP contribution in [0.2, 0.25) is 10.0 Å². The number of nitrogens with one attached hydrogen (secondary N) is 2. The molecule has 0 atom stereocenters. The minimum atomic E-state index is -0.0968. The summed E-state index contributed by atoms with van der Waals surface area (Å²) in [6.45, 7) is 2.95. The maximum absolute atomic E-state index is 6.53. The highest BCUT2D eigenvalue weighted by atomic mass is 127. The Morgan fingerprint density at radius 1 is 1.22 bits per heavy atom. The number of aliphatic imine (C=N–C) groups is 1. The number of rotatable bonds is 5. The fourth-order valence-electron chi connectivity index (χ4n) is 3.28. The molecule has 0 saturated carbocycles. The molecule has 0 aliphatic carbocycles. The van der Waals surface area contributed by atoms with Crippen molar-refractivity contribution in [3.05, 3.63) is 56.2 Å². The molecule has 2 aromatic rings. The SMILES string of the molecule is CN=C(NCc1cccs1)NCC1(c2ccc(Cl)cc2Cl)CCOCC1.I. The van der Waals surface area contributed by atoms with Gasteiger partial charge in [0.25, 0.3) is 0 Å². The molecule has 1 aromatic heterocycles. The second-order valence-corrected chi connectivity index (χ2v) is 8.25. The summed E-state index contributed by atoms with van der Waals surface area (Å²) in [5, 5.41) is 10.3. The zero-order chi connectivity index (χ0) is 18.4. The van der Waals surface area contributed by atoms with Gasteiger partial charge < -0.3 is 15.4 Å². The number of halogens is 3. The highest BCUT2D eigenvalue weighted by Gasteiger charge is 2.36. The molecule has 27 heavy (non-hydrogen) atoms. The Morgan fingerprint density at radius 2 is 2.00 bits per heavy atom. The van der Waals surface area contributed by atoms with Gasteiger partial charge in [-0.25, -0.2) is 0 Å². The fraction of sp³-hybridized carbons (Fsp3) is 0.421. The van der Waals surface area contributed by atoms with E-state index in [2.05, 4.69) is 33.1 Å². The molecule has 1 aliphatic rings. The van der Waals surface area contributed by atoms with Crippen LogP contribution < -0.4 is 10.6 Å². The van der Waals surface area contributed by atoms with Gasteiger partial charge in [-0.2, -0.15) is 0 Å². The minimum Gasteiger partial charge on any atom is -0.381 e. The van der Waals surface area contributed by atoms with Gasteiger partial charge in [-0.1, -0.05) is 35.3 Å². The Bertz CT molecular complexity index is 749. The van der Waals surface area contributed by atoms with Crippen LogP contribution in [0.3, 0.4) is 0 Å². The quantitative estimate of drug-likeness (QED) is 0.316. The van der Waals surface area contributed by atoms with E-state index in [0.29, 0.717) is 10.0 Å². The number of ether oxygens (including phenoxy) is 1. The Balaban J connectivity index is 0.00000261. The van der Waals surface area contributed by atoms with Crippen molar-refractivity contribution in [1.82, 2.24) is 10.6 Å². The third-order valence-electron chi connectivity index (χ3n) is 4.78. The predicted molar refractivity (Wildman–Crippen MR) is 126 cm³/mol. The van der Waals surface area contributed by atoms with E-state index >= 15 is 0 Å². The van der Waals surface area contributed by atoms with Crippen molar-refractivity contribution >= 4 is 64.5 Å². The lowest BCUT2D eigenvalue weighted by atomic mass is 9.74. The van der Waals surface area contributed by atoms with Crippen LogP contribution in [0.5, 0.6) is 0 Å². The largest absolute Gasteiger partial charge is 0.381 e. The fourth-order valence-corrected chi connectivity index (χ4v) is 4.53. The molecular formula is C19H24Cl2IN3OS. The molecule has 8 heteroatoms. The Labute approximate surface area is 191 Å². The van der Waals surface area contributed by atoms with Crippen molar-refractivity contribution in [3.8, 4) is 0 Å². The molecule has 0 spiro atoms. The molecule has 1 fully saturated rings. The number of hydrogen-bond acceptors (Lipinski definition) is 3. The van der Waals surface area contributed by atoms with Gasteiger partial charge in [-0.3, -0.25) is 4.99 Å². The number of thiophene rings is 1. The lowest BCUT2D eigenvalue weighted by molar-refractivity contribution is 0.0514. The molecule has 4 nitrogen and oxygen atoms in total. The highest BCUT2D eigenvalue weighted by molar-refractivity contribution is 14.0. The summed E-state index contributed by atoms with van der Waals surface area (Å²) in [4.78, 5) is 5.62. The summed E-state index contributed by atoms with van der Waals surface area (Å²) in [5.74, 6) is 0.786. The van der Waals surface area contributed by atoms with E-state index in [1.165, 1.54) is 4.88 Å². The number of nitrogens with zero attached hydrogens (tertiary/aromatic N) is 1. The van der Waals surface area contributed by atoms with Gasteiger partial charge >= 0.3 is 0 Å². The molecule has 148 valence electrons. The standard InChI is InChI=1S/C19H23Cl2N3OS.HI/c1-22-18(23-12-15-3-2-10-26-15)24-13-19(6-8-25-9-7-19)16-5-4-14(20)11-17(16)21;/h2-5,10-11H,6-9,12-13H2,1H3,(H2,22,23,24);1H. The highest BCUT2D eigenvalue weighted by Crippen LogP contribution is 2.39. The molecule has 0 radical (unpaired) electrons. The lowest BCUT2D eigenvalue weighted by Crippen LogP contribution is -2.48. The van der Waals surface area contributed by atoms with Gasteiger partial charge in [0, 0.05) is 47.1 Å². The molecule has 0 amide bonds. The molecule has 3 rings (SSSR count). The summed E-state index contributed by atoms with van der Waals surface area (Å²) in [5.41, 5.74) is 1.02. The third-order valence-corrected chi connectivity index (χ3v) is 6.20. The minimum absolute atomic E-state index is 0. The molecule has 1 saturated heterocycles. The monoisotopic (exact) mass is 539 g/mol. The molecule has 0 unspecified atom stereocenters. The summed E-state index contributed by atoms with van der Waals surface area (Å²) < 4.78 is 5.60. The molecule has 2 heterocycles. The maximum Gasteiger partial charge on any atom is 0.191 e. The Morgan fingerprint density at radius 3 is 2.63 bits per heavy atom. The van der Waals surface area contributed by atoms with E-state index in [1.54, 1.807) is 18.4 Å². The summed E-state index contributed by atoms with van der Waals surface area (Å²) >= 11 is 14.4. The van der Waals surface area contributed by atoms with Crippen LogP contribution in [-0.2, 0) is 16.7 Å². The van der Waals surface area contributed by atoms with Gasteiger partial charge in [-0.15, -0.1) is 35.3 Å². The van der Waals surface area contributed by atoms with Crippen molar-refractivity contribution in [2.45, 2.75) is 24.8 Å². The summed E-state index contributed by atoms with van der Waals surface area (Å²) in [6, 6.07) is 9.93. The average Bonchev–Trinajstić information content (AvgIpc) is 3.16. The Hall–Kier alpha value is -0.540. The van der Waals surface area contributed by atoms with E-state index in [9.17, 15) is 0 Å². The molecule has 1 aromatic carbocycles. The summed E-state index contributed by atoms with van der Waals surface area (Å²) in [7, 11) is 1.79. The van der Waals surface area contributed by atoms with E-state index in [-0.39, 0.29) is 29.4 Å². The van der Waals surface area contributed by atoms with Crippen molar-refractivity contribution < 1.29 is 4.74 Å². The van der Waals surface area contributed by atoms with Gasteiger partial charge in [0.15, 0.2) is 5.96 Å². The van der Waals surface area contributed by atoms with Gasteiger partial charge in [0.1, 0.15) is 0 Å². The number of benzene rings is 1. The average molecular weight is 540 g/mol. The molecule has 1 aliphatic heterocycles. The van der Waals surface area contributed by atoms with Crippen LogP contribution in [0.1, 0.15) is 23.3 Å². The van der Waals surface area contributed by atoms with E-state index in [4.69, 9.17) is 27.9 Å². The third kappa shape index (κ3) is 5.97. The van der Waals surface area contributed by atoms with E-state index in [1.807, 2.05) is 18.2 Å². The van der Waals surface area contributed by atoms with Crippen LogP contribution in [0, 0.1) is 0 Å². The predicted octanol–water partition coefficient (Wildman–Crippen LogP) is 5.09. The zero-order valence-electron chi connectivity index (χ0n) is 15.1. The van der Waals surface area contributed by atoms with Crippen molar-refractivity contribution in [2.24, 2.45) is 4.99 Å². The first kappa shape index (κ1) is 22.7. The van der Waals surface area contributed by atoms with Crippen molar-refractivity contribution in [1.29, 1.82) is 0 Å². The normalized spacial score (nSPS) is 16.5.